The van der Waals surface area contributed by atoms with Crippen LogP contribution in [-0.2, 0) is 0 Å². The van der Waals surface area contributed by atoms with E-state index in [0.29, 0.717) is 5.56 Å². The van der Waals surface area contributed by atoms with Crippen LogP contribution in [0, 0.1) is 6.92 Å². The van der Waals surface area contributed by atoms with Gasteiger partial charge < -0.3 is 5.11 Å². The van der Waals surface area contributed by atoms with Crippen LogP contribution < -0.4 is 5.43 Å². The number of hydrogen-bond acceptors (Lipinski definition) is 4. The Morgan fingerprint density at radius 3 is 2.89 bits per heavy atom. The molecule has 0 aliphatic carbocycles. The second kappa shape index (κ2) is 5.46. The zero-order chi connectivity index (χ0) is 13.0. The van der Waals surface area contributed by atoms with Crippen molar-refractivity contribution in [3.63, 3.8) is 0 Å². The Kier molecular flexibility index (Phi) is 3.74. The summed E-state index contributed by atoms with van der Waals surface area (Å²) in [6.07, 6.45) is 1.60. The van der Waals surface area contributed by atoms with Crippen molar-refractivity contribution >= 4 is 23.5 Å². The Hall–Kier alpha value is -2.14. The average molecular weight is 260 g/mol. The monoisotopic (exact) mass is 260 g/mol. The smallest absolute Gasteiger partial charge is 0.271 e. The highest BCUT2D eigenvalue weighted by Gasteiger charge is 2.04. The number of thiophene rings is 1. The van der Waals surface area contributed by atoms with Crippen molar-refractivity contribution in [3.8, 4) is 5.75 Å². The summed E-state index contributed by atoms with van der Waals surface area (Å²) in [4.78, 5) is 13.8. The van der Waals surface area contributed by atoms with Crippen LogP contribution in [0.25, 0.3) is 0 Å². The molecule has 5 heteroatoms. The molecule has 0 bridgehead atoms. The van der Waals surface area contributed by atoms with E-state index >= 15 is 0 Å². The van der Waals surface area contributed by atoms with Crippen molar-refractivity contribution < 1.29 is 9.90 Å². The van der Waals surface area contributed by atoms with E-state index in [0.717, 1.165) is 4.88 Å². The van der Waals surface area contributed by atoms with Crippen molar-refractivity contribution in [2.45, 2.75) is 6.92 Å². The first kappa shape index (κ1) is 12.3. The first-order valence-corrected chi connectivity index (χ1v) is 6.16. The molecule has 0 saturated heterocycles. The second-order valence-corrected chi connectivity index (χ2v) is 5.02. The van der Waals surface area contributed by atoms with Crippen molar-refractivity contribution in [3.05, 3.63) is 51.7 Å². The standard InChI is InChI=1S/C13H12N2O2S/c1-9-5-6-12(18-9)8-14-15-13(17)10-3-2-4-11(16)7-10/h2-8,16H,1H3,(H,15,17)/b14-8-. The number of phenols is 1. The number of hydrogen-bond donors (Lipinski definition) is 2. The normalized spacial score (nSPS) is 10.7. The van der Waals surface area contributed by atoms with Crippen LogP contribution in [0.2, 0.25) is 0 Å². The van der Waals surface area contributed by atoms with E-state index in [1.54, 1.807) is 29.7 Å². The van der Waals surface area contributed by atoms with Crippen LogP contribution in [0.3, 0.4) is 0 Å². The maximum Gasteiger partial charge on any atom is 0.271 e. The van der Waals surface area contributed by atoms with E-state index in [2.05, 4.69) is 10.5 Å². The summed E-state index contributed by atoms with van der Waals surface area (Å²) in [6.45, 7) is 2.01. The molecule has 18 heavy (non-hydrogen) atoms. The Balaban J connectivity index is 1.98. The first-order chi connectivity index (χ1) is 8.65. The van der Waals surface area contributed by atoms with Gasteiger partial charge in [-0.15, -0.1) is 11.3 Å². The maximum absolute atomic E-state index is 11.7. The van der Waals surface area contributed by atoms with E-state index in [9.17, 15) is 9.90 Å². The van der Waals surface area contributed by atoms with E-state index in [1.807, 2.05) is 19.1 Å². The molecule has 0 unspecified atom stereocenters. The number of benzene rings is 1. The number of phenolic OH excluding ortho intramolecular Hbond substituents is 1. The van der Waals surface area contributed by atoms with Gasteiger partial charge in [0.15, 0.2) is 0 Å². The number of carbonyl (C=O) groups excluding carboxylic acids is 1. The Morgan fingerprint density at radius 2 is 2.22 bits per heavy atom. The topological polar surface area (TPSA) is 61.7 Å². The number of nitrogens with zero attached hydrogens (tertiary/aromatic N) is 1. The molecule has 0 aliphatic rings. The third-order valence-electron chi connectivity index (χ3n) is 2.23. The lowest BCUT2D eigenvalue weighted by molar-refractivity contribution is 0.0954. The molecule has 1 heterocycles. The molecule has 92 valence electrons. The molecule has 1 amide bonds. The van der Waals surface area contributed by atoms with Gasteiger partial charge in [-0.05, 0) is 37.3 Å². The van der Waals surface area contributed by atoms with Gasteiger partial charge in [0.2, 0.25) is 0 Å². The fraction of sp³-hybridized carbons (Fsp3) is 0.0769. The van der Waals surface area contributed by atoms with Gasteiger partial charge in [-0.3, -0.25) is 4.79 Å². The van der Waals surface area contributed by atoms with Gasteiger partial charge in [0.25, 0.3) is 5.91 Å². The van der Waals surface area contributed by atoms with Gasteiger partial charge in [-0.25, -0.2) is 5.43 Å². The van der Waals surface area contributed by atoms with E-state index in [-0.39, 0.29) is 11.7 Å². The Morgan fingerprint density at radius 1 is 1.39 bits per heavy atom. The van der Waals surface area contributed by atoms with Crippen LogP contribution in [0.15, 0.2) is 41.5 Å². The zero-order valence-corrected chi connectivity index (χ0v) is 10.6. The maximum atomic E-state index is 11.7. The lowest BCUT2D eigenvalue weighted by Gasteiger charge is -1.99. The van der Waals surface area contributed by atoms with Crippen LogP contribution in [-0.4, -0.2) is 17.2 Å². The molecular weight excluding hydrogens is 248 g/mol. The molecule has 0 atom stereocenters. The number of carbonyl (C=O) groups is 1. The van der Waals surface area contributed by atoms with Gasteiger partial charge in [-0.2, -0.15) is 5.10 Å². The van der Waals surface area contributed by atoms with Crippen molar-refractivity contribution in [1.29, 1.82) is 0 Å². The lowest BCUT2D eigenvalue weighted by Crippen LogP contribution is -2.17. The van der Waals surface area contributed by atoms with Gasteiger partial charge in [0.1, 0.15) is 5.75 Å². The van der Waals surface area contributed by atoms with Crippen LogP contribution in [0.4, 0.5) is 0 Å². The zero-order valence-electron chi connectivity index (χ0n) is 9.75. The highest BCUT2D eigenvalue weighted by Crippen LogP contribution is 2.12. The molecule has 2 aromatic rings. The molecular formula is C13H12N2O2S. The molecule has 1 aromatic carbocycles. The molecule has 0 spiro atoms. The Labute approximate surface area is 109 Å². The quantitative estimate of drug-likeness (QED) is 0.658. The SMILES string of the molecule is Cc1ccc(/C=N\NC(=O)c2cccc(O)c2)s1. The van der Waals surface area contributed by atoms with Crippen molar-refractivity contribution in [1.82, 2.24) is 5.43 Å². The first-order valence-electron chi connectivity index (χ1n) is 5.34. The summed E-state index contributed by atoms with van der Waals surface area (Å²) in [7, 11) is 0. The molecule has 0 fully saturated rings. The van der Waals surface area contributed by atoms with Crippen molar-refractivity contribution in [2.24, 2.45) is 5.10 Å². The minimum absolute atomic E-state index is 0.0560. The number of hydrazone groups is 1. The second-order valence-electron chi connectivity index (χ2n) is 3.70. The lowest BCUT2D eigenvalue weighted by atomic mass is 10.2. The third-order valence-corrected chi connectivity index (χ3v) is 3.16. The fourth-order valence-corrected chi connectivity index (χ4v) is 2.14. The summed E-state index contributed by atoms with van der Waals surface area (Å²) in [5.41, 5.74) is 2.78. The summed E-state index contributed by atoms with van der Waals surface area (Å²) >= 11 is 1.60. The molecule has 0 aliphatic heterocycles. The number of aryl methyl sites for hydroxylation is 1. The fourth-order valence-electron chi connectivity index (χ4n) is 1.39. The van der Waals surface area contributed by atoms with Crippen molar-refractivity contribution in [2.75, 3.05) is 0 Å². The molecule has 1 aromatic heterocycles. The minimum Gasteiger partial charge on any atom is -0.508 e. The number of rotatable bonds is 3. The summed E-state index contributed by atoms with van der Waals surface area (Å²) in [5.74, 6) is -0.295. The van der Waals surface area contributed by atoms with Crippen LogP contribution in [0.5, 0.6) is 5.75 Å². The highest BCUT2D eigenvalue weighted by atomic mass is 32.1. The summed E-state index contributed by atoms with van der Waals surface area (Å²) in [5, 5.41) is 13.1. The van der Waals surface area contributed by atoms with E-state index in [1.165, 1.54) is 17.0 Å². The molecule has 4 nitrogen and oxygen atoms in total. The Bertz CT molecular complexity index is 590. The minimum atomic E-state index is -0.351. The highest BCUT2D eigenvalue weighted by molar-refractivity contribution is 7.13. The molecule has 2 rings (SSSR count). The third kappa shape index (κ3) is 3.18. The summed E-state index contributed by atoms with van der Waals surface area (Å²) in [6, 6.07) is 10.0. The summed E-state index contributed by atoms with van der Waals surface area (Å²) < 4.78 is 0. The molecule has 0 radical (unpaired) electrons. The predicted octanol–water partition coefficient (Wildman–Crippen LogP) is 2.53. The molecule has 2 N–H and O–H groups in total. The predicted molar refractivity (Wildman–Crippen MR) is 72.2 cm³/mol. The van der Waals surface area contributed by atoms with Gasteiger partial charge in [0.05, 0.1) is 6.21 Å². The van der Waals surface area contributed by atoms with Gasteiger partial charge in [0, 0.05) is 15.3 Å². The van der Waals surface area contributed by atoms with Crippen LogP contribution >= 0.6 is 11.3 Å². The van der Waals surface area contributed by atoms with Crippen LogP contribution in [0.1, 0.15) is 20.1 Å². The van der Waals surface area contributed by atoms with E-state index < -0.39 is 0 Å². The van der Waals surface area contributed by atoms with Gasteiger partial charge >= 0.3 is 0 Å². The van der Waals surface area contributed by atoms with Gasteiger partial charge in [-0.1, -0.05) is 6.07 Å². The number of amides is 1. The largest absolute Gasteiger partial charge is 0.508 e. The molecule has 0 saturated carbocycles. The number of nitrogens with one attached hydrogen (secondary N) is 1. The van der Waals surface area contributed by atoms with E-state index in [4.69, 9.17) is 0 Å². The number of aromatic hydroxyl groups is 1. The average Bonchev–Trinajstić information content (AvgIpc) is 2.75.